The molecule has 0 radical (unpaired) electrons. The molecule has 0 bridgehead atoms. The van der Waals surface area contributed by atoms with E-state index in [4.69, 9.17) is 9.47 Å². The number of benzene rings is 1. The summed E-state index contributed by atoms with van der Waals surface area (Å²) in [5, 5.41) is 17.4. The Balaban J connectivity index is 1.68. The lowest BCUT2D eigenvalue weighted by Crippen LogP contribution is -2.46. The van der Waals surface area contributed by atoms with E-state index in [1.54, 1.807) is 7.11 Å². The summed E-state index contributed by atoms with van der Waals surface area (Å²) in [5.41, 5.74) is 0.604. The predicted molar refractivity (Wildman–Crippen MR) is 116 cm³/mol. The van der Waals surface area contributed by atoms with Crippen LogP contribution in [0.2, 0.25) is 0 Å². The summed E-state index contributed by atoms with van der Waals surface area (Å²) in [4.78, 5) is 7.14. The normalized spacial score (nSPS) is 21.0. The molecule has 0 amide bonds. The highest BCUT2D eigenvalue weighted by atomic mass is 16.5. The zero-order valence-corrected chi connectivity index (χ0v) is 17.8. The maximum atomic E-state index is 10.6. The number of hydrogen-bond donors (Lipinski definition) is 3. The molecule has 0 aromatic heterocycles. The van der Waals surface area contributed by atoms with Crippen molar-refractivity contribution in [2.75, 3.05) is 53.0 Å². The molecule has 1 saturated carbocycles. The molecule has 1 heterocycles. The molecule has 3 N–H and O–H groups in total. The molecule has 7 heteroatoms. The van der Waals surface area contributed by atoms with Gasteiger partial charge < -0.3 is 25.2 Å². The van der Waals surface area contributed by atoms with Crippen molar-refractivity contribution in [3.05, 3.63) is 29.8 Å². The Morgan fingerprint density at radius 3 is 2.52 bits per heavy atom. The highest BCUT2D eigenvalue weighted by molar-refractivity contribution is 5.79. The van der Waals surface area contributed by atoms with Crippen molar-refractivity contribution < 1.29 is 14.6 Å². The Labute approximate surface area is 174 Å². The summed E-state index contributed by atoms with van der Waals surface area (Å²) in [5.74, 6) is 1.63. The predicted octanol–water partition coefficient (Wildman–Crippen LogP) is 1.93. The van der Waals surface area contributed by atoms with Crippen molar-refractivity contribution in [2.45, 2.75) is 44.2 Å². The monoisotopic (exact) mass is 404 g/mol. The second kappa shape index (κ2) is 10.8. The minimum absolute atomic E-state index is 0.211. The molecule has 1 aromatic rings. The van der Waals surface area contributed by atoms with Gasteiger partial charge in [-0.3, -0.25) is 9.89 Å². The second-order valence-electron chi connectivity index (χ2n) is 7.94. The van der Waals surface area contributed by atoms with E-state index in [9.17, 15) is 5.11 Å². The number of rotatable bonds is 8. The van der Waals surface area contributed by atoms with Gasteiger partial charge in [0.05, 0.1) is 38.5 Å². The molecule has 1 aliphatic heterocycles. The van der Waals surface area contributed by atoms with Crippen LogP contribution in [-0.4, -0.2) is 74.6 Å². The van der Waals surface area contributed by atoms with Crippen LogP contribution in [0.1, 0.15) is 44.2 Å². The maximum Gasteiger partial charge on any atom is 0.191 e. The quantitative estimate of drug-likeness (QED) is 0.454. The molecule has 0 spiro atoms. The molecule has 29 heavy (non-hydrogen) atoms. The van der Waals surface area contributed by atoms with E-state index < -0.39 is 5.60 Å². The first kappa shape index (κ1) is 21.9. The van der Waals surface area contributed by atoms with Crippen LogP contribution < -0.4 is 15.4 Å². The van der Waals surface area contributed by atoms with Crippen molar-refractivity contribution in [3.8, 4) is 5.75 Å². The van der Waals surface area contributed by atoms with E-state index in [1.807, 2.05) is 12.1 Å². The summed E-state index contributed by atoms with van der Waals surface area (Å²) >= 11 is 0. The smallest absolute Gasteiger partial charge is 0.191 e. The Morgan fingerprint density at radius 1 is 1.21 bits per heavy atom. The lowest BCUT2D eigenvalue weighted by molar-refractivity contribution is 0.0169. The van der Waals surface area contributed by atoms with Gasteiger partial charge in [0.1, 0.15) is 5.75 Å². The zero-order valence-electron chi connectivity index (χ0n) is 17.8. The van der Waals surface area contributed by atoms with Gasteiger partial charge in [-0.1, -0.05) is 25.0 Å². The minimum atomic E-state index is -0.637. The fourth-order valence-corrected chi connectivity index (χ4v) is 4.13. The zero-order chi connectivity index (χ0) is 20.5. The number of methoxy groups -OCH3 is 1. The third-order valence-electron chi connectivity index (χ3n) is 5.86. The highest BCUT2D eigenvalue weighted by Gasteiger charge is 2.31. The van der Waals surface area contributed by atoms with Crippen molar-refractivity contribution in [2.24, 2.45) is 4.99 Å². The Kier molecular flexibility index (Phi) is 8.15. The third kappa shape index (κ3) is 6.32. The van der Waals surface area contributed by atoms with Gasteiger partial charge in [0, 0.05) is 26.2 Å². The highest BCUT2D eigenvalue weighted by Crippen LogP contribution is 2.29. The van der Waals surface area contributed by atoms with Gasteiger partial charge in [-0.15, -0.1) is 0 Å². The molecule has 2 aliphatic rings. The van der Waals surface area contributed by atoms with Gasteiger partial charge in [0.15, 0.2) is 5.96 Å². The van der Waals surface area contributed by atoms with Crippen molar-refractivity contribution in [1.29, 1.82) is 0 Å². The minimum Gasteiger partial charge on any atom is -0.497 e. The number of aliphatic hydroxyl groups is 1. The molecule has 1 saturated heterocycles. The summed E-state index contributed by atoms with van der Waals surface area (Å²) < 4.78 is 10.9. The van der Waals surface area contributed by atoms with E-state index in [2.05, 4.69) is 39.6 Å². The van der Waals surface area contributed by atoms with Crippen LogP contribution in [-0.2, 0) is 4.74 Å². The first-order valence-corrected chi connectivity index (χ1v) is 10.8. The van der Waals surface area contributed by atoms with Crippen LogP contribution in [0.4, 0.5) is 0 Å². The van der Waals surface area contributed by atoms with E-state index in [1.165, 1.54) is 5.56 Å². The summed E-state index contributed by atoms with van der Waals surface area (Å²) in [6, 6.07) is 8.50. The number of aliphatic imine (C=N–C) groups is 1. The molecule has 162 valence electrons. The molecule has 1 atom stereocenters. The SMILES string of the molecule is CCNC(=NCC1(O)CCCC1)NCC(c1ccc(OC)cc1)N1CCOCC1. The van der Waals surface area contributed by atoms with Gasteiger partial charge in [-0.25, -0.2) is 0 Å². The fraction of sp³-hybridized carbons (Fsp3) is 0.682. The van der Waals surface area contributed by atoms with E-state index in [-0.39, 0.29) is 6.04 Å². The average Bonchev–Trinajstić information content (AvgIpc) is 3.20. The van der Waals surface area contributed by atoms with Crippen LogP contribution in [0.25, 0.3) is 0 Å². The molecule has 3 rings (SSSR count). The number of hydrogen-bond acceptors (Lipinski definition) is 5. The van der Waals surface area contributed by atoms with Gasteiger partial charge in [-0.05, 0) is 37.5 Å². The Morgan fingerprint density at radius 2 is 1.90 bits per heavy atom. The Bertz CT molecular complexity index is 638. The van der Waals surface area contributed by atoms with Gasteiger partial charge in [0.2, 0.25) is 0 Å². The van der Waals surface area contributed by atoms with E-state index in [0.29, 0.717) is 6.54 Å². The van der Waals surface area contributed by atoms with Crippen molar-refractivity contribution in [3.63, 3.8) is 0 Å². The number of guanidine groups is 1. The van der Waals surface area contributed by atoms with Crippen LogP contribution in [0.15, 0.2) is 29.3 Å². The number of ether oxygens (including phenoxy) is 2. The van der Waals surface area contributed by atoms with E-state index >= 15 is 0 Å². The number of morpholine rings is 1. The number of nitrogens with one attached hydrogen (secondary N) is 2. The molecule has 2 fully saturated rings. The fourth-order valence-electron chi connectivity index (χ4n) is 4.13. The molecular formula is C22H36N4O3. The van der Waals surface area contributed by atoms with Crippen LogP contribution in [0.5, 0.6) is 5.75 Å². The average molecular weight is 405 g/mol. The van der Waals surface area contributed by atoms with Crippen LogP contribution in [0.3, 0.4) is 0 Å². The molecule has 7 nitrogen and oxygen atoms in total. The van der Waals surface area contributed by atoms with Crippen molar-refractivity contribution in [1.82, 2.24) is 15.5 Å². The van der Waals surface area contributed by atoms with Gasteiger partial charge >= 0.3 is 0 Å². The lowest BCUT2D eigenvalue weighted by atomic mass is 10.0. The number of nitrogens with zero attached hydrogens (tertiary/aromatic N) is 2. The second-order valence-corrected chi connectivity index (χ2v) is 7.94. The summed E-state index contributed by atoms with van der Waals surface area (Å²) in [6.07, 6.45) is 3.87. The van der Waals surface area contributed by atoms with E-state index in [0.717, 1.165) is 76.8 Å². The summed E-state index contributed by atoms with van der Waals surface area (Å²) in [7, 11) is 1.69. The standard InChI is InChI=1S/C22H36N4O3/c1-3-23-21(25-17-22(27)10-4-5-11-22)24-16-20(26-12-14-29-15-13-26)18-6-8-19(28-2)9-7-18/h6-9,20,27H,3-5,10-17H2,1-2H3,(H2,23,24,25). The summed E-state index contributed by atoms with van der Waals surface area (Å²) in [6.45, 7) is 7.36. The van der Waals surface area contributed by atoms with Crippen molar-refractivity contribution >= 4 is 5.96 Å². The lowest BCUT2D eigenvalue weighted by Gasteiger charge is -2.35. The molecule has 1 aliphatic carbocycles. The molecular weight excluding hydrogens is 368 g/mol. The van der Waals surface area contributed by atoms with Gasteiger partial charge in [0.25, 0.3) is 0 Å². The maximum absolute atomic E-state index is 10.6. The third-order valence-corrected chi connectivity index (χ3v) is 5.86. The Hall–Kier alpha value is -1.83. The topological polar surface area (TPSA) is 78.4 Å². The van der Waals surface area contributed by atoms with Crippen LogP contribution in [0, 0.1) is 0 Å². The first-order chi connectivity index (χ1) is 14.1. The van der Waals surface area contributed by atoms with Crippen LogP contribution >= 0.6 is 0 Å². The first-order valence-electron chi connectivity index (χ1n) is 10.8. The molecule has 1 unspecified atom stereocenters. The van der Waals surface area contributed by atoms with Gasteiger partial charge in [-0.2, -0.15) is 0 Å². The largest absolute Gasteiger partial charge is 0.497 e. The molecule has 1 aromatic carbocycles.